The molecule has 0 radical (unpaired) electrons. The summed E-state index contributed by atoms with van der Waals surface area (Å²) in [5.41, 5.74) is 0. The Kier molecular flexibility index (Phi) is 1.34. The molecule has 0 amide bonds. The summed E-state index contributed by atoms with van der Waals surface area (Å²) < 4.78 is 4.94. The van der Waals surface area contributed by atoms with E-state index in [4.69, 9.17) is 4.74 Å². The van der Waals surface area contributed by atoms with E-state index in [0.29, 0.717) is 13.0 Å². The van der Waals surface area contributed by atoms with Crippen LogP contribution < -0.4 is 0 Å². The average Bonchev–Trinajstić information content (AvgIpc) is 2.64. The van der Waals surface area contributed by atoms with E-state index in [-0.39, 0.29) is 29.6 Å². The maximum absolute atomic E-state index is 11.3. The molecule has 1 saturated heterocycles. The molecular formula is C9H12O4. The van der Waals surface area contributed by atoms with Crippen LogP contribution in [0.4, 0.5) is 0 Å². The highest BCUT2D eigenvalue weighted by Crippen LogP contribution is 2.55. The Morgan fingerprint density at radius 3 is 2.85 bits per heavy atom. The summed E-state index contributed by atoms with van der Waals surface area (Å²) in [7, 11) is 0. The number of aliphatic hydroxyl groups excluding tert-OH is 2. The van der Waals surface area contributed by atoms with Gasteiger partial charge in [-0.15, -0.1) is 0 Å². The summed E-state index contributed by atoms with van der Waals surface area (Å²) in [4.78, 5) is 11.3. The number of rotatable bonds is 0. The third-order valence-corrected chi connectivity index (χ3v) is 3.90. The van der Waals surface area contributed by atoms with Crippen LogP contribution in [0.25, 0.3) is 0 Å². The van der Waals surface area contributed by atoms with Crippen LogP contribution in [0.2, 0.25) is 0 Å². The zero-order valence-electron chi connectivity index (χ0n) is 7.09. The maximum Gasteiger partial charge on any atom is 0.309 e. The minimum atomic E-state index is -0.488. The fourth-order valence-electron chi connectivity index (χ4n) is 3.38. The Labute approximate surface area is 75.5 Å². The fraction of sp³-hybridized carbons (Fsp3) is 0.889. The molecule has 1 aliphatic heterocycles. The SMILES string of the molecule is O=C1OC[C@H]2[C@@H]1[C@H]1C[C@H](O)[C@@H]2[C@H]1O. The number of cyclic esters (lactones) is 1. The van der Waals surface area contributed by atoms with Crippen molar-refractivity contribution in [2.75, 3.05) is 6.61 Å². The van der Waals surface area contributed by atoms with Gasteiger partial charge in [0.2, 0.25) is 0 Å². The molecule has 3 rings (SSSR count). The minimum absolute atomic E-state index is 0.0556. The molecule has 2 saturated carbocycles. The van der Waals surface area contributed by atoms with Crippen molar-refractivity contribution in [3.63, 3.8) is 0 Å². The molecule has 0 aromatic heterocycles. The van der Waals surface area contributed by atoms with Crippen molar-refractivity contribution in [1.29, 1.82) is 0 Å². The highest BCUT2D eigenvalue weighted by molar-refractivity contribution is 5.76. The standard InChI is InChI=1S/C9H12O4/c10-5-1-3-6-4(2-13-9(6)12)7(5)8(3)11/h3-8,10-11H,1-2H2/t3-,4+,5+,6+,7-,8+/m1/s1. The summed E-state index contributed by atoms with van der Waals surface area (Å²) in [5, 5.41) is 19.4. The van der Waals surface area contributed by atoms with E-state index in [9.17, 15) is 15.0 Å². The molecule has 2 bridgehead atoms. The number of carbonyl (C=O) groups excluding carboxylic acids is 1. The first-order valence-corrected chi connectivity index (χ1v) is 4.73. The maximum atomic E-state index is 11.3. The van der Waals surface area contributed by atoms with Gasteiger partial charge in [-0.1, -0.05) is 0 Å². The van der Waals surface area contributed by atoms with Gasteiger partial charge in [-0.25, -0.2) is 0 Å². The van der Waals surface area contributed by atoms with E-state index in [1.54, 1.807) is 0 Å². The van der Waals surface area contributed by atoms with Crippen molar-refractivity contribution in [1.82, 2.24) is 0 Å². The van der Waals surface area contributed by atoms with Gasteiger partial charge in [0.05, 0.1) is 24.7 Å². The van der Waals surface area contributed by atoms with E-state index < -0.39 is 12.2 Å². The molecular weight excluding hydrogens is 172 g/mol. The largest absolute Gasteiger partial charge is 0.465 e. The molecule has 3 fully saturated rings. The molecule has 0 aromatic carbocycles. The number of ether oxygens (including phenoxy) is 1. The summed E-state index contributed by atoms with van der Waals surface area (Å²) in [6.07, 6.45) is -0.365. The third-order valence-electron chi connectivity index (χ3n) is 3.90. The van der Waals surface area contributed by atoms with E-state index >= 15 is 0 Å². The second-order valence-electron chi connectivity index (χ2n) is 4.35. The smallest absolute Gasteiger partial charge is 0.309 e. The van der Waals surface area contributed by atoms with Crippen LogP contribution in [-0.4, -0.2) is 35.0 Å². The molecule has 1 heterocycles. The lowest BCUT2D eigenvalue weighted by Crippen LogP contribution is -2.31. The Balaban J connectivity index is 1.98. The van der Waals surface area contributed by atoms with Crippen LogP contribution in [0.15, 0.2) is 0 Å². The Morgan fingerprint density at radius 2 is 2.08 bits per heavy atom. The molecule has 72 valence electrons. The lowest BCUT2D eigenvalue weighted by Gasteiger charge is -2.23. The van der Waals surface area contributed by atoms with Crippen LogP contribution in [0.3, 0.4) is 0 Å². The topological polar surface area (TPSA) is 66.8 Å². The monoisotopic (exact) mass is 184 g/mol. The number of esters is 1. The molecule has 3 aliphatic rings. The quantitative estimate of drug-likeness (QED) is 0.481. The third kappa shape index (κ3) is 0.758. The lowest BCUT2D eigenvalue weighted by molar-refractivity contribution is -0.143. The summed E-state index contributed by atoms with van der Waals surface area (Å²) >= 11 is 0. The summed E-state index contributed by atoms with van der Waals surface area (Å²) in [5.74, 6) is -0.426. The van der Waals surface area contributed by atoms with Crippen molar-refractivity contribution in [2.45, 2.75) is 18.6 Å². The van der Waals surface area contributed by atoms with Crippen molar-refractivity contribution in [3.05, 3.63) is 0 Å². The van der Waals surface area contributed by atoms with Crippen LogP contribution in [0.5, 0.6) is 0 Å². The number of fused-ring (bicyclic) bond motifs is 5. The Hall–Kier alpha value is -0.610. The predicted molar refractivity (Wildman–Crippen MR) is 41.5 cm³/mol. The first-order chi connectivity index (χ1) is 6.20. The zero-order chi connectivity index (χ0) is 9.16. The molecule has 6 atom stereocenters. The van der Waals surface area contributed by atoms with E-state index in [2.05, 4.69) is 0 Å². The highest BCUT2D eigenvalue weighted by Gasteiger charge is 2.63. The van der Waals surface area contributed by atoms with Gasteiger partial charge in [0.25, 0.3) is 0 Å². The van der Waals surface area contributed by atoms with Crippen LogP contribution in [-0.2, 0) is 9.53 Å². The minimum Gasteiger partial charge on any atom is -0.465 e. The summed E-state index contributed by atoms with van der Waals surface area (Å²) in [6.45, 7) is 0.388. The molecule has 0 aromatic rings. The van der Waals surface area contributed by atoms with Gasteiger partial charge in [0, 0.05) is 17.8 Å². The summed E-state index contributed by atoms with van der Waals surface area (Å²) in [6, 6.07) is 0. The van der Waals surface area contributed by atoms with Crippen LogP contribution >= 0.6 is 0 Å². The number of hydrogen-bond donors (Lipinski definition) is 2. The Morgan fingerprint density at radius 1 is 1.31 bits per heavy atom. The van der Waals surface area contributed by atoms with Gasteiger partial charge in [-0.2, -0.15) is 0 Å². The van der Waals surface area contributed by atoms with Crippen molar-refractivity contribution in [3.8, 4) is 0 Å². The highest BCUT2D eigenvalue weighted by atomic mass is 16.5. The molecule has 0 spiro atoms. The number of hydrogen-bond acceptors (Lipinski definition) is 4. The van der Waals surface area contributed by atoms with Crippen LogP contribution in [0, 0.1) is 23.7 Å². The van der Waals surface area contributed by atoms with Gasteiger partial charge >= 0.3 is 5.97 Å². The molecule has 4 heteroatoms. The molecule has 2 N–H and O–H groups in total. The number of aliphatic hydroxyl groups is 2. The lowest BCUT2D eigenvalue weighted by atomic mass is 9.80. The first kappa shape index (κ1) is 7.76. The van der Waals surface area contributed by atoms with E-state index in [1.165, 1.54) is 0 Å². The fourth-order valence-corrected chi connectivity index (χ4v) is 3.38. The molecule has 0 unspecified atom stereocenters. The molecule has 4 nitrogen and oxygen atoms in total. The Bertz CT molecular complexity index is 262. The first-order valence-electron chi connectivity index (χ1n) is 4.73. The average molecular weight is 184 g/mol. The number of carbonyl (C=O) groups is 1. The van der Waals surface area contributed by atoms with Crippen molar-refractivity contribution in [2.24, 2.45) is 23.7 Å². The second-order valence-corrected chi connectivity index (χ2v) is 4.35. The molecule has 13 heavy (non-hydrogen) atoms. The molecule has 2 aliphatic carbocycles. The van der Waals surface area contributed by atoms with Gasteiger partial charge in [0.1, 0.15) is 0 Å². The zero-order valence-corrected chi connectivity index (χ0v) is 7.09. The van der Waals surface area contributed by atoms with Crippen molar-refractivity contribution < 1.29 is 19.7 Å². The second kappa shape index (κ2) is 2.25. The van der Waals surface area contributed by atoms with Crippen LogP contribution in [0.1, 0.15) is 6.42 Å². The van der Waals surface area contributed by atoms with Crippen molar-refractivity contribution >= 4 is 5.97 Å². The van der Waals surface area contributed by atoms with Gasteiger partial charge < -0.3 is 14.9 Å². The van der Waals surface area contributed by atoms with Gasteiger partial charge in [-0.05, 0) is 6.42 Å². The van der Waals surface area contributed by atoms with E-state index in [0.717, 1.165) is 0 Å². The predicted octanol–water partition coefficient (Wildman–Crippen LogP) is -0.853. The normalized spacial score (nSPS) is 58.2. The van der Waals surface area contributed by atoms with E-state index in [1.807, 2.05) is 0 Å². The van der Waals surface area contributed by atoms with Gasteiger partial charge in [0.15, 0.2) is 0 Å². The van der Waals surface area contributed by atoms with Gasteiger partial charge in [-0.3, -0.25) is 4.79 Å².